The first kappa shape index (κ1) is 16.6. The van der Waals surface area contributed by atoms with Gasteiger partial charge in [0.25, 0.3) is 10.0 Å². The standard InChI is InChI=1S/C13H19ClFN3O2S/c1-16-9-10-7-11(14)8-12(13(10)15)21(19,20)17-18-5-3-2-4-6-18/h7-8,16-17H,2-6,9H2,1H3. The number of nitrogens with one attached hydrogen (secondary N) is 2. The Morgan fingerprint density at radius 1 is 1.29 bits per heavy atom. The average molecular weight is 336 g/mol. The first-order valence-corrected chi connectivity index (χ1v) is 8.70. The first-order valence-electron chi connectivity index (χ1n) is 6.84. The monoisotopic (exact) mass is 335 g/mol. The van der Waals surface area contributed by atoms with Crippen molar-refractivity contribution in [1.29, 1.82) is 0 Å². The predicted molar refractivity (Wildman–Crippen MR) is 79.9 cm³/mol. The maximum Gasteiger partial charge on any atom is 0.256 e. The second-order valence-electron chi connectivity index (χ2n) is 5.05. The molecule has 0 amide bonds. The molecule has 1 aromatic carbocycles. The summed E-state index contributed by atoms with van der Waals surface area (Å²) in [5.74, 6) is -0.766. The molecule has 1 aliphatic heterocycles. The Hall–Kier alpha value is -0.730. The third-order valence-corrected chi connectivity index (χ3v) is 4.93. The van der Waals surface area contributed by atoms with Crippen molar-refractivity contribution >= 4 is 21.6 Å². The molecule has 8 heteroatoms. The molecule has 5 nitrogen and oxygen atoms in total. The number of rotatable bonds is 5. The van der Waals surface area contributed by atoms with Crippen molar-refractivity contribution < 1.29 is 12.8 Å². The number of benzene rings is 1. The van der Waals surface area contributed by atoms with Gasteiger partial charge in [0.2, 0.25) is 0 Å². The Kier molecular flexibility index (Phi) is 5.56. The highest BCUT2D eigenvalue weighted by molar-refractivity contribution is 7.89. The molecule has 0 bridgehead atoms. The van der Waals surface area contributed by atoms with Crippen molar-refractivity contribution in [2.45, 2.75) is 30.7 Å². The van der Waals surface area contributed by atoms with Crippen LogP contribution in [0.1, 0.15) is 24.8 Å². The van der Waals surface area contributed by atoms with Crippen LogP contribution in [0.5, 0.6) is 0 Å². The van der Waals surface area contributed by atoms with E-state index in [-0.39, 0.29) is 17.1 Å². The number of hydrogen-bond donors (Lipinski definition) is 2. The van der Waals surface area contributed by atoms with Gasteiger partial charge in [-0.25, -0.2) is 17.8 Å². The Morgan fingerprint density at radius 3 is 2.57 bits per heavy atom. The fraction of sp³-hybridized carbons (Fsp3) is 0.538. The number of piperidine rings is 1. The van der Waals surface area contributed by atoms with Crippen molar-refractivity contribution in [3.05, 3.63) is 28.5 Å². The van der Waals surface area contributed by atoms with Gasteiger partial charge in [-0.3, -0.25) is 0 Å². The molecule has 1 saturated heterocycles. The van der Waals surface area contributed by atoms with Crippen LogP contribution in [0.3, 0.4) is 0 Å². The quantitative estimate of drug-likeness (QED) is 0.862. The van der Waals surface area contributed by atoms with Crippen molar-refractivity contribution in [2.75, 3.05) is 20.1 Å². The van der Waals surface area contributed by atoms with Crippen LogP contribution in [0, 0.1) is 5.82 Å². The van der Waals surface area contributed by atoms with Gasteiger partial charge in [0.15, 0.2) is 0 Å². The fourth-order valence-corrected chi connectivity index (χ4v) is 3.91. The van der Waals surface area contributed by atoms with E-state index >= 15 is 0 Å². The van der Waals surface area contributed by atoms with Crippen LogP contribution in [-0.4, -0.2) is 33.6 Å². The summed E-state index contributed by atoms with van der Waals surface area (Å²) in [7, 11) is -2.31. The third-order valence-electron chi connectivity index (χ3n) is 3.34. The lowest BCUT2D eigenvalue weighted by molar-refractivity contribution is 0.199. The van der Waals surface area contributed by atoms with Gasteiger partial charge in [0.05, 0.1) is 0 Å². The minimum absolute atomic E-state index is 0.195. The third kappa shape index (κ3) is 4.14. The van der Waals surface area contributed by atoms with Crippen molar-refractivity contribution in [3.63, 3.8) is 0 Å². The molecule has 0 aromatic heterocycles. The number of halogens is 2. The number of hydrogen-bond acceptors (Lipinski definition) is 4. The summed E-state index contributed by atoms with van der Waals surface area (Å²) in [4.78, 5) is 2.02. The Morgan fingerprint density at radius 2 is 1.95 bits per heavy atom. The van der Waals surface area contributed by atoms with Gasteiger partial charge >= 0.3 is 0 Å². The highest BCUT2D eigenvalue weighted by Gasteiger charge is 2.25. The molecule has 0 unspecified atom stereocenters. The second-order valence-corrected chi connectivity index (χ2v) is 7.12. The molecular weight excluding hydrogens is 317 g/mol. The lowest BCUT2D eigenvalue weighted by atomic mass is 10.2. The minimum Gasteiger partial charge on any atom is -0.316 e. The van der Waals surface area contributed by atoms with Gasteiger partial charge in [-0.2, -0.15) is 0 Å². The molecule has 1 heterocycles. The highest BCUT2D eigenvalue weighted by atomic mass is 35.5. The topological polar surface area (TPSA) is 61.4 Å². The minimum atomic E-state index is -3.97. The fourth-order valence-electron chi connectivity index (χ4n) is 2.34. The summed E-state index contributed by atoms with van der Waals surface area (Å²) in [6.07, 6.45) is 2.92. The molecule has 21 heavy (non-hydrogen) atoms. The van der Waals surface area contributed by atoms with Crippen LogP contribution in [-0.2, 0) is 16.6 Å². The molecule has 0 aliphatic carbocycles. The average Bonchev–Trinajstić information content (AvgIpc) is 2.43. The first-order chi connectivity index (χ1) is 9.94. The molecule has 1 fully saturated rings. The van der Waals surface area contributed by atoms with E-state index in [1.54, 1.807) is 12.1 Å². The molecule has 2 N–H and O–H groups in total. The smallest absolute Gasteiger partial charge is 0.256 e. The van der Waals surface area contributed by atoms with Crippen LogP contribution in [0.25, 0.3) is 0 Å². The number of nitrogens with zero attached hydrogens (tertiary/aromatic N) is 1. The predicted octanol–water partition coefficient (Wildman–Crippen LogP) is 1.88. The normalized spacial score (nSPS) is 17.1. The largest absolute Gasteiger partial charge is 0.316 e. The molecule has 0 radical (unpaired) electrons. The Balaban J connectivity index is 2.30. The zero-order chi connectivity index (χ0) is 15.5. The van der Waals surface area contributed by atoms with E-state index in [1.165, 1.54) is 6.07 Å². The zero-order valence-electron chi connectivity index (χ0n) is 11.8. The summed E-state index contributed by atoms with van der Waals surface area (Å²) in [5.41, 5.74) is 0.226. The summed E-state index contributed by atoms with van der Waals surface area (Å²) in [6.45, 7) is 1.47. The van der Waals surface area contributed by atoms with Gasteiger partial charge in [-0.1, -0.05) is 18.0 Å². The molecule has 0 spiro atoms. The highest BCUT2D eigenvalue weighted by Crippen LogP contribution is 2.24. The molecule has 1 aromatic rings. The van der Waals surface area contributed by atoms with E-state index in [4.69, 9.17) is 11.6 Å². The van der Waals surface area contributed by atoms with Gasteiger partial charge in [0.1, 0.15) is 10.7 Å². The summed E-state index contributed by atoms with van der Waals surface area (Å²) in [6, 6.07) is 2.57. The molecule has 0 saturated carbocycles. The lowest BCUT2D eigenvalue weighted by Crippen LogP contribution is -2.45. The van der Waals surface area contributed by atoms with Crippen molar-refractivity contribution in [2.24, 2.45) is 0 Å². The molecule has 1 aliphatic rings. The van der Waals surface area contributed by atoms with Crippen LogP contribution in [0.2, 0.25) is 5.02 Å². The molecule has 0 atom stereocenters. The summed E-state index contributed by atoms with van der Waals surface area (Å²) < 4.78 is 39.1. The van der Waals surface area contributed by atoms with Crippen molar-refractivity contribution in [3.8, 4) is 0 Å². The number of hydrazine groups is 1. The molecule has 118 valence electrons. The van der Waals surface area contributed by atoms with E-state index in [9.17, 15) is 12.8 Å². The molecule has 2 rings (SSSR count). The lowest BCUT2D eigenvalue weighted by Gasteiger charge is -2.26. The summed E-state index contributed by atoms with van der Waals surface area (Å²) in [5, 5.41) is 4.59. The van der Waals surface area contributed by atoms with E-state index in [2.05, 4.69) is 10.1 Å². The summed E-state index contributed by atoms with van der Waals surface area (Å²) >= 11 is 5.91. The van der Waals surface area contributed by atoms with E-state index in [0.29, 0.717) is 13.1 Å². The van der Waals surface area contributed by atoms with Crippen LogP contribution < -0.4 is 10.1 Å². The van der Waals surface area contributed by atoms with E-state index < -0.39 is 20.7 Å². The number of sulfonamides is 1. The van der Waals surface area contributed by atoms with Gasteiger partial charge in [-0.05, 0) is 32.0 Å². The maximum atomic E-state index is 14.4. The maximum absolute atomic E-state index is 14.4. The van der Waals surface area contributed by atoms with Gasteiger partial charge in [-0.15, -0.1) is 4.83 Å². The van der Waals surface area contributed by atoms with Crippen LogP contribution in [0.4, 0.5) is 4.39 Å². The zero-order valence-corrected chi connectivity index (χ0v) is 13.4. The van der Waals surface area contributed by atoms with Gasteiger partial charge in [0, 0.05) is 30.2 Å². The SMILES string of the molecule is CNCc1cc(Cl)cc(S(=O)(=O)NN2CCCCC2)c1F. The van der Waals surface area contributed by atoms with E-state index in [0.717, 1.165) is 25.3 Å². The Bertz CT molecular complexity index is 604. The van der Waals surface area contributed by atoms with Crippen LogP contribution in [0.15, 0.2) is 17.0 Å². The van der Waals surface area contributed by atoms with Crippen molar-refractivity contribution in [1.82, 2.24) is 15.2 Å². The van der Waals surface area contributed by atoms with E-state index in [1.807, 2.05) is 0 Å². The molecular formula is C13H19ClFN3O2S. The van der Waals surface area contributed by atoms with Gasteiger partial charge < -0.3 is 5.32 Å². The van der Waals surface area contributed by atoms with Crippen LogP contribution >= 0.6 is 11.6 Å². The Labute approximate surface area is 129 Å². The second kappa shape index (κ2) is 7.02.